The minimum absolute atomic E-state index is 0.00345. The average Bonchev–Trinajstić information content (AvgIpc) is 2.25. The number of aliphatic hydroxyl groups is 1. The molecule has 1 fully saturated rings. The Kier molecular flexibility index (Phi) is 5.36. The number of piperidine rings is 1. The van der Waals surface area contributed by atoms with Gasteiger partial charge in [0, 0.05) is 13.1 Å². The molecular weight excluding hydrogens is 218 g/mol. The molecule has 0 aromatic rings. The molecule has 1 rings (SSSR count). The van der Waals surface area contributed by atoms with E-state index in [1.165, 1.54) is 0 Å². The third-order valence-corrected chi connectivity index (χ3v) is 2.93. The summed E-state index contributed by atoms with van der Waals surface area (Å²) in [6, 6.07) is -0.0843. The lowest BCUT2D eigenvalue weighted by Crippen LogP contribution is -2.52. The molecule has 0 saturated carbocycles. The zero-order chi connectivity index (χ0) is 12.9. The lowest BCUT2D eigenvalue weighted by Gasteiger charge is -2.29. The highest BCUT2D eigenvalue weighted by Gasteiger charge is 2.25. The molecule has 0 bridgehead atoms. The standard InChI is InChI=1S/C12H25N3O2/c1-12(17,9-15(2)3)8-14-11(16)10-6-4-5-7-13-10/h10,13,17H,4-9H2,1-3H3,(H,14,16)/t10-,12?/m0/s1. The molecule has 1 aliphatic heterocycles. The van der Waals surface area contributed by atoms with Crippen LogP contribution in [0.2, 0.25) is 0 Å². The summed E-state index contributed by atoms with van der Waals surface area (Å²) in [6.07, 6.45) is 3.13. The van der Waals surface area contributed by atoms with E-state index in [1.807, 2.05) is 19.0 Å². The van der Waals surface area contributed by atoms with Gasteiger partial charge < -0.3 is 20.6 Å². The second-order valence-corrected chi connectivity index (χ2v) is 5.46. The van der Waals surface area contributed by atoms with E-state index < -0.39 is 5.60 Å². The summed E-state index contributed by atoms with van der Waals surface area (Å²) in [5, 5.41) is 16.1. The molecule has 5 nitrogen and oxygen atoms in total. The molecule has 0 aromatic carbocycles. The van der Waals surface area contributed by atoms with Crippen LogP contribution in [-0.2, 0) is 4.79 Å². The Balaban J connectivity index is 2.31. The fourth-order valence-corrected chi connectivity index (χ4v) is 2.21. The van der Waals surface area contributed by atoms with E-state index >= 15 is 0 Å². The SMILES string of the molecule is CN(C)CC(C)(O)CNC(=O)[C@@H]1CCCCN1. The van der Waals surface area contributed by atoms with E-state index in [0.29, 0.717) is 13.1 Å². The number of carbonyl (C=O) groups excluding carboxylic acids is 1. The van der Waals surface area contributed by atoms with Gasteiger partial charge in [0.25, 0.3) is 0 Å². The largest absolute Gasteiger partial charge is 0.387 e. The van der Waals surface area contributed by atoms with Gasteiger partial charge in [-0.1, -0.05) is 6.42 Å². The minimum atomic E-state index is -0.881. The highest BCUT2D eigenvalue weighted by molar-refractivity contribution is 5.81. The number of nitrogens with one attached hydrogen (secondary N) is 2. The Morgan fingerprint density at radius 3 is 2.76 bits per heavy atom. The van der Waals surface area contributed by atoms with Crippen LogP contribution in [0.5, 0.6) is 0 Å². The summed E-state index contributed by atoms with van der Waals surface area (Å²) in [4.78, 5) is 13.7. The van der Waals surface area contributed by atoms with Crippen molar-refractivity contribution in [2.75, 3.05) is 33.7 Å². The van der Waals surface area contributed by atoms with Gasteiger partial charge in [0.1, 0.15) is 0 Å². The van der Waals surface area contributed by atoms with E-state index in [9.17, 15) is 9.90 Å². The van der Waals surface area contributed by atoms with Crippen LogP contribution < -0.4 is 10.6 Å². The highest BCUT2D eigenvalue weighted by Crippen LogP contribution is 2.08. The molecule has 0 aromatic heterocycles. The van der Waals surface area contributed by atoms with E-state index in [4.69, 9.17) is 0 Å². The minimum Gasteiger partial charge on any atom is -0.387 e. The zero-order valence-electron chi connectivity index (χ0n) is 11.1. The van der Waals surface area contributed by atoms with Crippen molar-refractivity contribution in [2.24, 2.45) is 0 Å². The molecule has 5 heteroatoms. The quantitative estimate of drug-likeness (QED) is 0.612. The topological polar surface area (TPSA) is 64.6 Å². The van der Waals surface area contributed by atoms with Gasteiger partial charge in [-0.3, -0.25) is 4.79 Å². The lowest BCUT2D eigenvalue weighted by atomic mass is 10.0. The van der Waals surface area contributed by atoms with Crippen molar-refractivity contribution < 1.29 is 9.90 Å². The fourth-order valence-electron chi connectivity index (χ4n) is 2.21. The molecule has 0 spiro atoms. The number of carbonyl (C=O) groups is 1. The van der Waals surface area contributed by atoms with Gasteiger partial charge in [0.05, 0.1) is 11.6 Å². The highest BCUT2D eigenvalue weighted by atomic mass is 16.3. The number of rotatable bonds is 5. The molecule has 1 saturated heterocycles. The second kappa shape index (κ2) is 6.33. The number of amides is 1. The van der Waals surface area contributed by atoms with Crippen LogP contribution in [0.25, 0.3) is 0 Å². The van der Waals surface area contributed by atoms with E-state index in [0.717, 1.165) is 25.8 Å². The molecule has 100 valence electrons. The van der Waals surface area contributed by atoms with Crippen LogP contribution in [0.4, 0.5) is 0 Å². The molecule has 0 radical (unpaired) electrons. The fraction of sp³-hybridized carbons (Fsp3) is 0.917. The third kappa shape index (κ3) is 5.48. The normalized spacial score (nSPS) is 24.4. The maximum atomic E-state index is 11.8. The molecule has 1 heterocycles. The Morgan fingerprint density at radius 2 is 2.24 bits per heavy atom. The van der Waals surface area contributed by atoms with Gasteiger partial charge in [0.15, 0.2) is 0 Å². The summed E-state index contributed by atoms with van der Waals surface area (Å²) >= 11 is 0. The second-order valence-electron chi connectivity index (χ2n) is 5.46. The number of hydrogen-bond acceptors (Lipinski definition) is 4. The van der Waals surface area contributed by atoms with Gasteiger partial charge in [-0.2, -0.15) is 0 Å². The van der Waals surface area contributed by atoms with Gasteiger partial charge in [-0.05, 0) is 40.4 Å². The molecule has 0 aliphatic carbocycles. The first-order valence-electron chi connectivity index (χ1n) is 6.29. The van der Waals surface area contributed by atoms with E-state index in [1.54, 1.807) is 6.92 Å². The van der Waals surface area contributed by atoms with Crippen LogP contribution in [0, 0.1) is 0 Å². The first-order valence-corrected chi connectivity index (χ1v) is 6.29. The zero-order valence-corrected chi connectivity index (χ0v) is 11.1. The van der Waals surface area contributed by atoms with Crippen LogP contribution in [0.3, 0.4) is 0 Å². The maximum absolute atomic E-state index is 11.8. The molecule has 1 aliphatic rings. The van der Waals surface area contributed by atoms with Crippen molar-refractivity contribution >= 4 is 5.91 Å². The van der Waals surface area contributed by atoms with E-state index in [2.05, 4.69) is 10.6 Å². The smallest absolute Gasteiger partial charge is 0.237 e. The molecular formula is C12H25N3O2. The molecule has 1 amide bonds. The van der Waals surface area contributed by atoms with Crippen molar-refractivity contribution in [3.05, 3.63) is 0 Å². The Hall–Kier alpha value is -0.650. The number of hydrogen-bond donors (Lipinski definition) is 3. The van der Waals surface area contributed by atoms with Gasteiger partial charge in [-0.25, -0.2) is 0 Å². The lowest BCUT2D eigenvalue weighted by molar-refractivity contribution is -0.124. The van der Waals surface area contributed by atoms with E-state index in [-0.39, 0.29) is 11.9 Å². The first-order chi connectivity index (χ1) is 7.91. The maximum Gasteiger partial charge on any atom is 0.237 e. The average molecular weight is 243 g/mol. The van der Waals surface area contributed by atoms with Crippen molar-refractivity contribution in [3.8, 4) is 0 Å². The van der Waals surface area contributed by atoms with Gasteiger partial charge in [-0.15, -0.1) is 0 Å². The Morgan fingerprint density at radius 1 is 1.53 bits per heavy atom. The van der Waals surface area contributed by atoms with Crippen molar-refractivity contribution in [1.29, 1.82) is 0 Å². The monoisotopic (exact) mass is 243 g/mol. The third-order valence-electron chi connectivity index (χ3n) is 2.93. The van der Waals surface area contributed by atoms with Crippen molar-refractivity contribution in [3.63, 3.8) is 0 Å². The van der Waals surface area contributed by atoms with Crippen molar-refractivity contribution in [1.82, 2.24) is 15.5 Å². The van der Waals surface area contributed by atoms with Crippen LogP contribution in [-0.4, -0.2) is 61.3 Å². The predicted molar refractivity (Wildman–Crippen MR) is 67.8 cm³/mol. The Labute approximate surface area is 104 Å². The predicted octanol–water partition coefficient (Wildman–Crippen LogP) is -0.443. The summed E-state index contributed by atoms with van der Waals surface area (Å²) in [7, 11) is 3.80. The molecule has 1 unspecified atom stereocenters. The van der Waals surface area contributed by atoms with Crippen LogP contribution in [0.1, 0.15) is 26.2 Å². The Bertz CT molecular complexity index is 248. The summed E-state index contributed by atoms with van der Waals surface area (Å²) in [5.41, 5.74) is -0.881. The first kappa shape index (κ1) is 14.4. The molecule has 2 atom stereocenters. The summed E-state index contributed by atoms with van der Waals surface area (Å²) in [6.45, 7) is 3.47. The number of nitrogens with zero attached hydrogens (tertiary/aromatic N) is 1. The van der Waals surface area contributed by atoms with Crippen molar-refractivity contribution in [2.45, 2.75) is 37.8 Å². The van der Waals surface area contributed by atoms with Crippen LogP contribution >= 0.6 is 0 Å². The summed E-state index contributed by atoms with van der Waals surface area (Å²) in [5.74, 6) is 0.00345. The van der Waals surface area contributed by atoms with Gasteiger partial charge >= 0.3 is 0 Å². The molecule has 17 heavy (non-hydrogen) atoms. The number of likely N-dealkylation sites (N-methyl/N-ethyl adjacent to an activating group) is 1. The molecule has 3 N–H and O–H groups in total. The van der Waals surface area contributed by atoms with Gasteiger partial charge in [0.2, 0.25) is 5.91 Å². The van der Waals surface area contributed by atoms with Crippen LogP contribution in [0.15, 0.2) is 0 Å². The summed E-state index contributed by atoms with van der Waals surface area (Å²) < 4.78 is 0.